The minimum Gasteiger partial charge on any atom is -0.369 e. The average Bonchev–Trinajstić information content (AvgIpc) is 3.11. The van der Waals surface area contributed by atoms with Crippen molar-refractivity contribution in [1.29, 1.82) is 0 Å². The highest BCUT2D eigenvalue weighted by Gasteiger charge is 2.52. The Morgan fingerprint density at radius 1 is 1.06 bits per heavy atom. The van der Waals surface area contributed by atoms with E-state index in [0.29, 0.717) is 36.8 Å². The van der Waals surface area contributed by atoms with Gasteiger partial charge in [-0.3, -0.25) is 9.80 Å². The molecule has 1 N–H and O–H groups in total. The minimum absolute atomic E-state index is 0.321. The molecule has 5 rings (SSSR count). The van der Waals surface area contributed by atoms with Crippen LogP contribution < -0.4 is 10.2 Å². The normalized spacial score (nSPS) is 21.0. The van der Waals surface area contributed by atoms with E-state index < -0.39 is 5.54 Å². The number of halogens is 1. The summed E-state index contributed by atoms with van der Waals surface area (Å²) in [7, 11) is 0. The number of piperidine rings is 1. The van der Waals surface area contributed by atoms with Gasteiger partial charge in [-0.15, -0.1) is 4.91 Å². The molecule has 178 valence electrons. The number of nitrogens with one attached hydrogen (secondary N) is 1. The Bertz CT molecular complexity index is 1090. The van der Waals surface area contributed by atoms with Crippen molar-refractivity contribution in [3.63, 3.8) is 0 Å². The van der Waals surface area contributed by atoms with Gasteiger partial charge in [-0.2, -0.15) is 4.99 Å². The molecule has 0 bridgehead atoms. The maximum atomic E-state index is 14.1. The number of anilines is 1. The van der Waals surface area contributed by atoms with Crippen LogP contribution in [0.25, 0.3) is 0 Å². The van der Waals surface area contributed by atoms with Crippen molar-refractivity contribution >= 4 is 23.2 Å². The standard InChI is InChI=1S/C26H30FN5O2/c27-20-7-5-11-23(17-20)32-25(33)29-24(28-21-8-2-1-3-9-21)26(32)12-14-31(15-13-26)18-19-6-4-10-22(16-19)30-34/h4-7,10-11,16-17,21H,1-3,8-9,12-15,18H2,(H,28,29,33). The lowest BCUT2D eigenvalue weighted by Gasteiger charge is -2.45. The average molecular weight is 464 g/mol. The van der Waals surface area contributed by atoms with Gasteiger partial charge in [-0.05, 0) is 66.8 Å². The number of carbonyl (C=O) groups is 1. The van der Waals surface area contributed by atoms with Crippen LogP contribution in [0.2, 0.25) is 0 Å². The first-order chi connectivity index (χ1) is 16.6. The summed E-state index contributed by atoms with van der Waals surface area (Å²) in [5, 5.41) is 6.67. The largest absolute Gasteiger partial charge is 0.369 e. The van der Waals surface area contributed by atoms with E-state index in [0.717, 1.165) is 37.3 Å². The zero-order valence-electron chi connectivity index (χ0n) is 19.3. The summed E-state index contributed by atoms with van der Waals surface area (Å²) in [6, 6.07) is 13.6. The molecule has 34 heavy (non-hydrogen) atoms. The third-order valence-corrected chi connectivity index (χ3v) is 7.39. The van der Waals surface area contributed by atoms with E-state index in [9.17, 15) is 14.1 Å². The lowest BCUT2D eigenvalue weighted by molar-refractivity contribution is 0.181. The van der Waals surface area contributed by atoms with Crippen LogP contribution in [-0.4, -0.2) is 41.4 Å². The molecule has 2 amide bonds. The number of hydrogen-bond donors (Lipinski definition) is 1. The van der Waals surface area contributed by atoms with Gasteiger partial charge in [0.05, 0.1) is 0 Å². The number of urea groups is 1. The first-order valence-electron chi connectivity index (χ1n) is 12.2. The van der Waals surface area contributed by atoms with Crippen LogP contribution in [0.5, 0.6) is 0 Å². The van der Waals surface area contributed by atoms with E-state index in [1.165, 1.54) is 31.4 Å². The molecule has 3 aliphatic rings. The highest BCUT2D eigenvalue weighted by Crippen LogP contribution is 2.39. The van der Waals surface area contributed by atoms with E-state index in [-0.39, 0.29) is 11.8 Å². The number of benzene rings is 2. The fraction of sp³-hybridized carbons (Fsp3) is 0.462. The summed E-state index contributed by atoms with van der Waals surface area (Å²) in [6.45, 7) is 2.21. The fourth-order valence-electron chi connectivity index (χ4n) is 5.63. The molecular formula is C26H30FN5O2. The number of nitroso groups, excluding NO2 is 1. The molecule has 0 unspecified atom stereocenters. The van der Waals surface area contributed by atoms with Gasteiger partial charge >= 0.3 is 6.03 Å². The van der Waals surface area contributed by atoms with Crippen LogP contribution in [-0.2, 0) is 6.54 Å². The Morgan fingerprint density at radius 2 is 1.82 bits per heavy atom. The molecule has 2 heterocycles. The van der Waals surface area contributed by atoms with Gasteiger partial charge in [0.25, 0.3) is 0 Å². The molecular weight excluding hydrogens is 433 g/mol. The maximum Gasteiger partial charge on any atom is 0.350 e. The van der Waals surface area contributed by atoms with Crippen LogP contribution in [0.15, 0.2) is 58.7 Å². The second-order valence-corrected chi connectivity index (χ2v) is 9.61. The zero-order valence-corrected chi connectivity index (χ0v) is 19.3. The van der Waals surface area contributed by atoms with Crippen LogP contribution in [0.1, 0.15) is 50.5 Å². The Balaban J connectivity index is 1.39. The molecule has 0 radical (unpaired) electrons. The summed E-state index contributed by atoms with van der Waals surface area (Å²) in [5.74, 6) is 0.371. The summed E-state index contributed by atoms with van der Waals surface area (Å²) >= 11 is 0. The van der Waals surface area contributed by atoms with Gasteiger partial charge < -0.3 is 5.32 Å². The molecule has 2 aliphatic heterocycles. The number of nitrogens with zero attached hydrogens (tertiary/aromatic N) is 4. The predicted octanol–water partition coefficient (Wildman–Crippen LogP) is 5.52. The number of aliphatic imine (C=N–C) groups is 1. The van der Waals surface area contributed by atoms with Gasteiger partial charge in [-0.1, -0.05) is 37.5 Å². The number of likely N-dealkylation sites (tertiary alicyclic amines) is 1. The monoisotopic (exact) mass is 463 g/mol. The third-order valence-electron chi connectivity index (χ3n) is 7.39. The predicted molar refractivity (Wildman–Crippen MR) is 131 cm³/mol. The summed E-state index contributed by atoms with van der Waals surface area (Å²) in [5.41, 5.74) is 1.40. The Morgan fingerprint density at radius 3 is 2.56 bits per heavy atom. The molecule has 2 aromatic rings. The Hall–Kier alpha value is -3.13. The molecule has 2 aromatic carbocycles. The molecule has 0 aromatic heterocycles. The molecule has 1 saturated carbocycles. The number of amidine groups is 1. The molecule has 7 nitrogen and oxygen atoms in total. The van der Waals surface area contributed by atoms with Crippen LogP contribution in [0.3, 0.4) is 0 Å². The van der Waals surface area contributed by atoms with Crippen molar-refractivity contribution in [2.75, 3.05) is 18.0 Å². The second kappa shape index (κ2) is 9.62. The van der Waals surface area contributed by atoms with Crippen molar-refractivity contribution in [2.24, 2.45) is 10.2 Å². The van der Waals surface area contributed by atoms with Crippen molar-refractivity contribution in [3.8, 4) is 0 Å². The molecule has 1 spiro atoms. The molecule has 0 atom stereocenters. The fourth-order valence-corrected chi connectivity index (χ4v) is 5.63. The zero-order chi connectivity index (χ0) is 23.5. The van der Waals surface area contributed by atoms with Crippen LogP contribution >= 0.6 is 0 Å². The van der Waals surface area contributed by atoms with Gasteiger partial charge in [0.15, 0.2) is 0 Å². The van der Waals surface area contributed by atoms with Gasteiger partial charge in [0.2, 0.25) is 0 Å². The molecule has 1 saturated heterocycles. The third kappa shape index (κ3) is 4.46. The van der Waals surface area contributed by atoms with Gasteiger partial charge in [0, 0.05) is 31.4 Å². The summed E-state index contributed by atoms with van der Waals surface area (Å²) in [4.78, 5) is 32.6. The Labute approximate surface area is 199 Å². The second-order valence-electron chi connectivity index (χ2n) is 9.61. The smallest absolute Gasteiger partial charge is 0.350 e. The van der Waals surface area contributed by atoms with Gasteiger partial charge in [0.1, 0.15) is 22.9 Å². The van der Waals surface area contributed by atoms with Crippen LogP contribution in [0, 0.1) is 10.7 Å². The highest BCUT2D eigenvalue weighted by molar-refractivity contribution is 6.16. The highest BCUT2D eigenvalue weighted by atomic mass is 19.1. The summed E-state index contributed by atoms with van der Waals surface area (Å²) in [6.07, 6.45) is 7.16. The summed E-state index contributed by atoms with van der Waals surface area (Å²) < 4.78 is 14.1. The molecule has 8 heteroatoms. The van der Waals surface area contributed by atoms with E-state index in [1.807, 2.05) is 18.2 Å². The number of rotatable bonds is 5. The molecule has 1 aliphatic carbocycles. The minimum atomic E-state index is -0.606. The van der Waals surface area contributed by atoms with E-state index in [2.05, 4.69) is 20.4 Å². The first-order valence-corrected chi connectivity index (χ1v) is 12.2. The van der Waals surface area contributed by atoms with Crippen molar-refractivity contribution < 1.29 is 9.18 Å². The van der Waals surface area contributed by atoms with Crippen molar-refractivity contribution in [2.45, 2.75) is 63.1 Å². The lowest BCUT2D eigenvalue weighted by atomic mass is 9.83. The topological polar surface area (TPSA) is 77.4 Å². The van der Waals surface area contributed by atoms with Crippen molar-refractivity contribution in [1.82, 2.24) is 10.2 Å². The first kappa shape index (κ1) is 22.7. The maximum absolute atomic E-state index is 14.1. The number of amides is 2. The van der Waals surface area contributed by atoms with E-state index in [1.54, 1.807) is 23.1 Å². The lowest BCUT2D eigenvalue weighted by Crippen LogP contribution is -2.62. The number of hydrogen-bond acceptors (Lipinski definition) is 5. The quantitative estimate of drug-likeness (QED) is 0.593. The van der Waals surface area contributed by atoms with E-state index >= 15 is 0 Å². The van der Waals surface area contributed by atoms with Crippen LogP contribution in [0.4, 0.5) is 20.6 Å². The Kier molecular flexibility index (Phi) is 6.41. The van der Waals surface area contributed by atoms with Gasteiger partial charge in [-0.25, -0.2) is 9.18 Å². The SMILES string of the molecule is O=Nc1cccc(CN2CCC3(CC2)C(NC2CCCCC2)=NC(=O)N3c2cccc(F)c2)c1. The van der Waals surface area contributed by atoms with Crippen molar-refractivity contribution in [3.05, 3.63) is 64.8 Å². The molecule has 2 fully saturated rings. The van der Waals surface area contributed by atoms with E-state index in [4.69, 9.17) is 0 Å². The number of carbonyl (C=O) groups excluding carboxylic acids is 1.